The van der Waals surface area contributed by atoms with E-state index in [1.165, 1.54) is 12.1 Å². The second-order valence-corrected chi connectivity index (χ2v) is 5.71. The molecule has 1 heterocycles. The van der Waals surface area contributed by atoms with Crippen molar-refractivity contribution in [1.82, 2.24) is 4.90 Å². The minimum absolute atomic E-state index is 0.136. The molecule has 8 heteroatoms. The number of rotatable bonds is 6. The van der Waals surface area contributed by atoms with E-state index in [9.17, 15) is 18.0 Å². The minimum Gasteiger partial charge on any atom is -0.435 e. The molecule has 5 nitrogen and oxygen atoms in total. The Bertz CT molecular complexity index is 814. The van der Waals surface area contributed by atoms with Crippen LogP contribution in [0.15, 0.2) is 36.4 Å². The summed E-state index contributed by atoms with van der Waals surface area (Å²) in [5, 5.41) is 3.13. The van der Waals surface area contributed by atoms with Crippen LogP contribution in [0.2, 0.25) is 0 Å². The van der Waals surface area contributed by atoms with Crippen LogP contribution in [0.1, 0.15) is 10.4 Å². The maximum Gasteiger partial charge on any atom is 0.387 e. The normalized spacial score (nSPS) is 13.6. The number of hydrogen-bond donors (Lipinski definition) is 1. The van der Waals surface area contributed by atoms with Crippen LogP contribution in [0.25, 0.3) is 11.1 Å². The van der Waals surface area contributed by atoms with Crippen LogP contribution in [0.3, 0.4) is 0 Å². The zero-order chi connectivity index (χ0) is 18.7. The Morgan fingerprint density at radius 2 is 2.00 bits per heavy atom. The van der Waals surface area contributed by atoms with Crippen LogP contribution in [0.4, 0.5) is 18.9 Å². The molecule has 1 aliphatic rings. The predicted molar refractivity (Wildman–Crippen MR) is 89.9 cm³/mol. The summed E-state index contributed by atoms with van der Waals surface area (Å²) in [7, 11) is 1.56. The summed E-state index contributed by atoms with van der Waals surface area (Å²) in [5.74, 6) is -1.09. The highest BCUT2D eigenvalue weighted by Crippen LogP contribution is 2.31. The topological polar surface area (TPSA) is 50.8 Å². The van der Waals surface area contributed by atoms with Crippen LogP contribution < -0.4 is 10.1 Å². The monoisotopic (exact) mass is 366 g/mol. The molecule has 0 bridgehead atoms. The first kappa shape index (κ1) is 18.1. The number of nitrogens with one attached hydrogen (secondary N) is 1. The maximum atomic E-state index is 13.7. The standard InChI is InChI=1S/C18H17F3N2O3/c1-25-5-4-23-10-22-16-8-11(2-3-15(16)17(23)24)12-6-13(19)9-14(7-12)26-18(20)21/h2-3,6-9,18,22H,4-5,10H2,1H3. The quantitative estimate of drug-likeness (QED) is 0.849. The molecule has 0 radical (unpaired) electrons. The van der Waals surface area contributed by atoms with Crippen molar-refractivity contribution in [1.29, 1.82) is 0 Å². The lowest BCUT2D eigenvalue weighted by atomic mass is 10.0. The molecule has 2 aromatic rings. The van der Waals surface area contributed by atoms with E-state index in [0.717, 1.165) is 6.07 Å². The van der Waals surface area contributed by atoms with Crippen LogP contribution in [0.5, 0.6) is 5.75 Å². The van der Waals surface area contributed by atoms with Crippen LogP contribution in [0, 0.1) is 5.82 Å². The lowest BCUT2D eigenvalue weighted by Gasteiger charge is -2.29. The van der Waals surface area contributed by atoms with Crippen molar-refractivity contribution in [3.05, 3.63) is 47.8 Å². The Morgan fingerprint density at radius 1 is 1.19 bits per heavy atom. The van der Waals surface area contributed by atoms with Gasteiger partial charge in [0.25, 0.3) is 5.91 Å². The predicted octanol–water partition coefficient (Wildman–Crippen LogP) is 3.57. The SMILES string of the molecule is COCCN1CNc2cc(-c3cc(F)cc(OC(F)F)c3)ccc2C1=O. The minimum atomic E-state index is -3.04. The van der Waals surface area contributed by atoms with Crippen molar-refractivity contribution in [2.45, 2.75) is 6.61 Å². The number of anilines is 1. The fourth-order valence-electron chi connectivity index (χ4n) is 2.76. The van der Waals surface area contributed by atoms with Crippen LogP contribution in [-0.2, 0) is 4.74 Å². The molecule has 0 aliphatic carbocycles. The van der Waals surface area contributed by atoms with Gasteiger partial charge in [-0.05, 0) is 35.4 Å². The maximum absolute atomic E-state index is 13.7. The zero-order valence-electron chi connectivity index (χ0n) is 14.0. The van der Waals surface area contributed by atoms with E-state index in [1.807, 2.05) is 0 Å². The van der Waals surface area contributed by atoms with Crippen LogP contribution >= 0.6 is 0 Å². The molecule has 1 N–H and O–H groups in total. The second kappa shape index (κ2) is 7.65. The lowest BCUT2D eigenvalue weighted by Crippen LogP contribution is -2.41. The molecule has 138 valence electrons. The second-order valence-electron chi connectivity index (χ2n) is 5.71. The third kappa shape index (κ3) is 3.91. The highest BCUT2D eigenvalue weighted by Gasteiger charge is 2.24. The molecular weight excluding hydrogens is 349 g/mol. The average Bonchev–Trinajstić information content (AvgIpc) is 2.60. The summed E-state index contributed by atoms with van der Waals surface area (Å²) in [5.41, 5.74) is 2.03. The Labute approximate surface area is 148 Å². The molecule has 2 aromatic carbocycles. The molecule has 0 aromatic heterocycles. The first-order valence-electron chi connectivity index (χ1n) is 7.90. The van der Waals surface area contributed by atoms with E-state index in [2.05, 4.69) is 10.1 Å². The number of alkyl halides is 2. The van der Waals surface area contributed by atoms with Crippen molar-refractivity contribution in [2.75, 3.05) is 32.2 Å². The third-order valence-electron chi connectivity index (χ3n) is 3.99. The zero-order valence-corrected chi connectivity index (χ0v) is 14.0. The number of carbonyl (C=O) groups excluding carboxylic acids is 1. The van der Waals surface area contributed by atoms with E-state index < -0.39 is 12.4 Å². The number of ether oxygens (including phenoxy) is 2. The number of fused-ring (bicyclic) bond motifs is 1. The number of benzene rings is 2. The van der Waals surface area contributed by atoms with Gasteiger partial charge in [-0.3, -0.25) is 4.79 Å². The lowest BCUT2D eigenvalue weighted by molar-refractivity contribution is -0.0499. The smallest absolute Gasteiger partial charge is 0.387 e. The molecular formula is C18H17F3N2O3. The van der Waals surface area contributed by atoms with Crippen LogP contribution in [-0.4, -0.2) is 44.3 Å². The van der Waals surface area contributed by atoms with Gasteiger partial charge in [0, 0.05) is 25.4 Å². The first-order valence-corrected chi connectivity index (χ1v) is 7.90. The molecule has 0 atom stereocenters. The summed E-state index contributed by atoms with van der Waals surface area (Å²) in [6, 6.07) is 8.38. The fraction of sp³-hybridized carbons (Fsp3) is 0.278. The van der Waals surface area contributed by atoms with E-state index in [-0.39, 0.29) is 11.7 Å². The molecule has 0 saturated carbocycles. The summed E-state index contributed by atoms with van der Waals surface area (Å²) in [6.07, 6.45) is 0. The number of carbonyl (C=O) groups is 1. The first-order chi connectivity index (χ1) is 12.5. The summed E-state index contributed by atoms with van der Waals surface area (Å²) < 4.78 is 47.7. The Morgan fingerprint density at radius 3 is 2.73 bits per heavy atom. The van der Waals surface area contributed by atoms with Gasteiger partial charge in [0.2, 0.25) is 0 Å². The van der Waals surface area contributed by atoms with E-state index in [4.69, 9.17) is 4.74 Å². The Kier molecular flexibility index (Phi) is 5.32. The van der Waals surface area contributed by atoms with E-state index >= 15 is 0 Å². The number of methoxy groups -OCH3 is 1. The Balaban J connectivity index is 1.88. The summed E-state index contributed by atoms with van der Waals surface area (Å²) in [4.78, 5) is 14.1. The van der Waals surface area contributed by atoms with Gasteiger partial charge in [0.1, 0.15) is 11.6 Å². The van der Waals surface area contributed by atoms with Gasteiger partial charge in [-0.2, -0.15) is 8.78 Å². The van der Waals surface area contributed by atoms with Gasteiger partial charge in [-0.25, -0.2) is 4.39 Å². The summed E-state index contributed by atoms with van der Waals surface area (Å²) >= 11 is 0. The van der Waals surface area contributed by atoms with Gasteiger partial charge >= 0.3 is 6.61 Å². The van der Waals surface area contributed by atoms with Crippen molar-refractivity contribution in [3.63, 3.8) is 0 Å². The van der Waals surface area contributed by atoms with Gasteiger partial charge in [0.05, 0.1) is 18.8 Å². The molecule has 0 unspecified atom stereocenters. The summed E-state index contributed by atoms with van der Waals surface area (Å²) in [6.45, 7) is -1.83. The molecule has 1 amide bonds. The van der Waals surface area contributed by atoms with Gasteiger partial charge < -0.3 is 19.7 Å². The van der Waals surface area contributed by atoms with Crippen molar-refractivity contribution in [3.8, 4) is 16.9 Å². The van der Waals surface area contributed by atoms with Gasteiger partial charge in [-0.15, -0.1) is 0 Å². The number of amides is 1. The van der Waals surface area contributed by atoms with E-state index in [1.54, 1.807) is 30.2 Å². The van der Waals surface area contributed by atoms with Crippen molar-refractivity contribution < 1.29 is 27.4 Å². The van der Waals surface area contributed by atoms with Gasteiger partial charge in [0.15, 0.2) is 0 Å². The molecule has 3 rings (SSSR count). The average molecular weight is 366 g/mol. The van der Waals surface area contributed by atoms with E-state index in [0.29, 0.717) is 42.2 Å². The third-order valence-corrected chi connectivity index (χ3v) is 3.99. The highest BCUT2D eigenvalue weighted by molar-refractivity contribution is 6.02. The molecule has 0 spiro atoms. The molecule has 26 heavy (non-hydrogen) atoms. The molecule has 0 saturated heterocycles. The largest absolute Gasteiger partial charge is 0.435 e. The number of hydrogen-bond acceptors (Lipinski definition) is 4. The number of halogens is 3. The fourth-order valence-corrected chi connectivity index (χ4v) is 2.76. The molecule has 1 aliphatic heterocycles. The highest BCUT2D eigenvalue weighted by atomic mass is 19.3. The van der Waals surface area contributed by atoms with Crippen molar-refractivity contribution >= 4 is 11.6 Å². The van der Waals surface area contributed by atoms with Crippen molar-refractivity contribution in [2.24, 2.45) is 0 Å². The molecule has 0 fully saturated rings. The van der Waals surface area contributed by atoms with Gasteiger partial charge in [-0.1, -0.05) is 6.07 Å². The Hall–Kier alpha value is -2.74. The number of nitrogens with zero attached hydrogens (tertiary/aromatic N) is 1.